The molecule has 0 N–H and O–H groups in total. The number of para-hydroxylation sites is 1. The normalized spacial score (nSPS) is 13.2. The van der Waals surface area contributed by atoms with Crippen molar-refractivity contribution >= 4 is 88.3 Å². The number of hydrogen-bond acceptors (Lipinski definition) is 2. The smallest absolute Gasteiger partial charge is 0.136 e. The predicted octanol–water partition coefficient (Wildman–Crippen LogP) is 11.6. The van der Waals surface area contributed by atoms with Crippen molar-refractivity contribution in [1.82, 2.24) is 0 Å². The molecule has 2 aromatic heterocycles. The van der Waals surface area contributed by atoms with Crippen molar-refractivity contribution in [3.63, 3.8) is 0 Å². The number of furan rings is 2. The van der Waals surface area contributed by atoms with Gasteiger partial charge in [0.2, 0.25) is 0 Å². The lowest BCUT2D eigenvalue weighted by atomic mass is 9.85. The van der Waals surface area contributed by atoms with Crippen LogP contribution in [0.4, 0.5) is 0 Å². The number of rotatable bonds is 2. The van der Waals surface area contributed by atoms with Crippen molar-refractivity contribution in [3.8, 4) is 22.3 Å². The van der Waals surface area contributed by atoms with Gasteiger partial charge in [-0.1, -0.05) is 103 Å². The minimum absolute atomic E-state index is 0.902. The Morgan fingerprint density at radius 1 is 0.354 bits per heavy atom. The Kier molecular flexibility index (Phi) is 5.25. The van der Waals surface area contributed by atoms with Gasteiger partial charge in [0.05, 0.1) is 0 Å². The first-order chi connectivity index (χ1) is 23.8. The van der Waals surface area contributed by atoms with E-state index >= 15 is 0 Å². The molecule has 1 aliphatic rings. The van der Waals surface area contributed by atoms with Gasteiger partial charge in [-0.3, -0.25) is 0 Å². The van der Waals surface area contributed by atoms with E-state index in [2.05, 4.69) is 133 Å². The Balaban J connectivity index is 1.18. The van der Waals surface area contributed by atoms with Gasteiger partial charge < -0.3 is 8.83 Å². The third kappa shape index (κ3) is 3.63. The summed E-state index contributed by atoms with van der Waals surface area (Å²) >= 11 is 0. The second kappa shape index (κ2) is 9.70. The van der Waals surface area contributed by atoms with Crippen LogP contribution in [0.1, 0.15) is 12.8 Å². The summed E-state index contributed by atoms with van der Waals surface area (Å²) in [7, 11) is 0. The van der Waals surface area contributed by atoms with Crippen molar-refractivity contribution in [3.05, 3.63) is 144 Å². The Morgan fingerprint density at radius 3 is 1.69 bits per heavy atom. The molecule has 0 saturated heterocycles. The molecule has 0 radical (unpaired) electrons. The molecule has 0 unspecified atom stereocenters. The van der Waals surface area contributed by atoms with Crippen molar-refractivity contribution in [2.75, 3.05) is 0 Å². The van der Waals surface area contributed by atoms with Crippen molar-refractivity contribution in [2.45, 2.75) is 12.8 Å². The maximum absolute atomic E-state index is 6.51. The van der Waals surface area contributed by atoms with Crippen LogP contribution in [0.3, 0.4) is 0 Å². The van der Waals surface area contributed by atoms with Crippen molar-refractivity contribution in [2.24, 2.45) is 0 Å². The molecule has 0 amide bonds. The lowest BCUT2D eigenvalue weighted by Crippen LogP contribution is -2.31. The third-order valence-electron chi connectivity index (χ3n) is 10.4. The monoisotopic (exact) mass is 612 g/mol. The molecule has 2 heteroatoms. The summed E-state index contributed by atoms with van der Waals surface area (Å²) in [6.45, 7) is 0. The van der Waals surface area contributed by atoms with Crippen LogP contribution >= 0.6 is 0 Å². The molecule has 0 bridgehead atoms. The van der Waals surface area contributed by atoms with E-state index in [9.17, 15) is 0 Å². The fourth-order valence-corrected chi connectivity index (χ4v) is 8.30. The molecule has 2 nitrogen and oxygen atoms in total. The topological polar surface area (TPSA) is 26.3 Å². The van der Waals surface area contributed by atoms with Crippen LogP contribution in [-0.4, -0.2) is 0 Å². The summed E-state index contributed by atoms with van der Waals surface area (Å²) in [4.78, 5) is 0. The summed E-state index contributed by atoms with van der Waals surface area (Å²) < 4.78 is 12.8. The molecule has 8 aromatic carbocycles. The average molecular weight is 613 g/mol. The summed E-state index contributed by atoms with van der Waals surface area (Å²) in [6.07, 6.45) is 6.99. The Bertz CT molecular complexity index is 3110. The van der Waals surface area contributed by atoms with Crippen LogP contribution in [0.25, 0.3) is 111 Å². The maximum atomic E-state index is 6.51. The number of hydrogen-bond donors (Lipinski definition) is 0. The van der Waals surface area contributed by atoms with Crippen LogP contribution in [0.5, 0.6) is 0 Å². The highest BCUT2D eigenvalue weighted by Crippen LogP contribution is 2.40. The van der Waals surface area contributed by atoms with Gasteiger partial charge in [-0.15, -0.1) is 0 Å². The minimum Gasteiger partial charge on any atom is -0.456 e. The van der Waals surface area contributed by atoms with E-state index in [0.717, 1.165) is 67.5 Å². The van der Waals surface area contributed by atoms with Crippen LogP contribution in [0, 0.1) is 0 Å². The standard InChI is InChI=1S/C46H28O2/c1-2-12-31-27(10-1)11-9-18-33(31)46-36-16-5-3-14-34(36)45(35-15-4-6-17-37(35)46)28-20-21-42-39(22-28)40-24-30-25-43-38(23-29(30)26-44(40)48-42)32-13-7-8-19-41(32)47-43/h1-3,5,7-26H,4,6H2. The quantitative estimate of drug-likeness (QED) is 0.194. The van der Waals surface area contributed by atoms with Gasteiger partial charge in [-0.25, -0.2) is 0 Å². The molecule has 0 saturated carbocycles. The molecule has 10 aromatic rings. The summed E-state index contributed by atoms with van der Waals surface area (Å²) in [5, 5.41) is 14.6. The van der Waals surface area contributed by atoms with E-state index in [-0.39, 0.29) is 0 Å². The van der Waals surface area contributed by atoms with Gasteiger partial charge in [0.15, 0.2) is 0 Å². The summed E-state index contributed by atoms with van der Waals surface area (Å²) in [5.74, 6) is 0. The Labute approximate surface area is 275 Å². The van der Waals surface area contributed by atoms with Crippen LogP contribution in [0.2, 0.25) is 0 Å². The molecular formula is C46H28O2. The van der Waals surface area contributed by atoms with Gasteiger partial charge in [-0.05, 0) is 120 Å². The molecule has 0 fully saturated rings. The van der Waals surface area contributed by atoms with Gasteiger partial charge in [0, 0.05) is 21.5 Å². The highest BCUT2D eigenvalue weighted by molar-refractivity contribution is 6.16. The predicted molar refractivity (Wildman–Crippen MR) is 202 cm³/mol. The van der Waals surface area contributed by atoms with E-state index in [0.29, 0.717) is 0 Å². The number of benzene rings is 8. The highest BCUT2D eigenvalue weighted by Gasteiger charge is 2.19. The molecule has 224 valence electrons. The first-order valence-electron chi connectivity index (χ1n) is 16.7. The molecule has 0 atom stereocenters. The summed E-state index contributed by atoms with van der Waals surface area (Å²) in [6, 6.07) is 48.2. The lowest BCUT2D eigenvalue weighted by molar-refractivity contribution is 0.668. The summed E-state index contributed by atoms with van der Waals surface area (Å²) in [5.41, 5.74) is 8.75. The van der Waals surface area contributed by atoms with Gasteiger partial charge in [0.1, 0.15) is 22.3 Å². The Morgan fingerprint density at radius 2 is 0.917 bits per heavy atom. The largest absolute Gasteiger partial charge is 0.456 e. The third-order valence-corrected chi connectivity index (χ3v) is 10.4. The van der Waals surface area contributed by atoms with E-state index in [1.807, 2.05) is 12.1 Å². The van der Waals surface area contributed by atoms with E-state index in [1.54, 1.807) is 0 Å². The van der Waals surface area contributed by atoms with E-state index < -0.39 is 0 Å². The van der Waals surface area contributed by atoms with E-state index in [1.165, 1.54) is 54.2 Å². The molecular weight excluding hydrogens is 585 g/mol. The van der Waals surface area contributed by atoms with Gasteiger partial charge in [0.25, 0.3) is 0 Å². The zero-order chi connectivity index (χ0) is 31.3. The molecule has 48 heavy (non-hydrogen) atoms. The zero-order valence-electron chi connectivity index (χ0n) is 26.1. The van der Waals surface area contributed by atoms with Crippen molar-refractivity contribution in [1.29, 1.82) is 0 Å². The first-order valence-corrected chi connectivity index (χ1v) is 16.7. The lowest BCUT2D eigenvalue weighted by Gasteiger charge is -2.18. The second-order valence-electron chi connectivity index (χ2n) is 13.1. The molecule has 0 spiro atoms. The van der Waals surface area contributed by atoms with Crippen LogP contribution in [-0.2, 0) is 0 Å². The second-order valence-corrected chi connectivity index (χ2v) is 13.1. The van der Waals surface area contributed by atoms with Crippen LogP contribution in [0.15, 0.2) is 142 Å². The zero-order valence-corrected chi connectivity index (χ0v) is 26.1. The van der Waals surface area contributed by atoms with Gasteiger partial charge >= 0.3 is 0 Å². The van der Waals surface area contributed by atoms with Crippen molar-refractivity contribution < 1.29 is 8.83 Å². The molecule has 2 heterocycles. The Hall–Kier alpha value is -6.12. The maximum Gasteiger partial charge on any atom is 0.136 e. The first kappa shape index (κ1) is 26.0. The fourth-order valence-electron chi connectivity index (χ4n) is 8.30. The SMILES string of the molecule is C1=c2c(-c3ccc4oc5cc6cc7c(cc6cc5c4c3)oc3ccccc37)c3ccccc3c(-c3cccc4ccccc34)c2=CCC1. The molecule has 11 rings (SSSR count). The minimum atomic E-state index is 0.902. The van der Waals surface area contributed by atoms with Crippen LogP contribution < -0.4 is 10.4 Å². The molecule has 1 aliphatic carbocycles. The highest BCUT2D eigenvalue weighted by atomic mass is 16.3. The van der Waals surface area contributed by atoms with E-state index in [4.69, 9.17) is 8.83 Å². The van der Waals surface area contributed by atoms with Gasteiger partial charge in [-0.2, -0.15) is 0 Å². The average Bonchev–Trinajstić information content (AvgIpc) is 3.68. The molecule has 0 aliphatic heterocycles. The number of fused-ring (bicyclic) bond motifs is 10. The fraction of sp³-hybridized carbons (Fsp3) is 0.0435.